The number of carbonyl (C=O) groups is 2. The number of thioether (sulfide) groups is 1. The number of likely N-dealkylation sites (N-methyl/N-ethyl adjacent to an activating group) is 1. The van der Waals surface area contributed by atoms with Gasteiger partial charge >= 0.3 is 0 Å². The van der Waals surface area contributed by atoms with Gasteiger partial charge in [-0.1, -0.05) is 58.1 Å². The Labute approximate surface area is 170 Å². The molecule has 0 aliphatic carbocycles. The second-order valence-electron chi connectivity index (χ2n) is 6.11. The summed E-state index contributed by atoms with van der Waals surface area (Å²) < 4.78 is 1.31. The molecule has 0 bridgehead atoms. The molecule has 2 heterocycles. The van der Waals surface area contributed by atoms with E-state index in [1.54, 1.807) is 6.08 Å². The maximum atomic E-state index is 12.6. The van der Waals surface area contributed by atoms with Crippen molar-refractivity contribution >= 4 is 62.1 Å². The summed E-state index contributed by atoms with van der Waals surface area (Å²) in [5.74, 6) is -0.461. The van der Waals surface area contributed by atoms with Gasteiger partial charge in [0.2, 0.25) is 0 Å². The summed E-state index contributed by atoms with van der Waals surface area (Å²) in [5, 5.41) is 1.89. The minimum Gasteiger partial charge on any atom is -0.304 e. The van der Waals surface area contributed by atoms with Crippen LogP contribution in [0.4, 0.5) is 0 Å². The van der Waals surface area contributed by atoms with E-state index in [9.17, 15) is 9.59 Å². The summed E-state index contributed by atoms with van der Waals surface area (Å²) in [7, 11) is 2.05. The van der Waals surface area contributed by atoms with Crippen molar-refractivity contribution in [3.63, 3.8) is 0 Å². The highest BCUT2D eigenvalue weighted by atomic mass is 79.9. The molecule has 1 N–H and O–H groups in total. The fourth-order valence-corrected chi connectivity index (χ4v) is 4.29. The highest BCUT2D eigenvalue weighted by molar-refractivity contribution is 9.10. The molecule has 26 heavy (non-hydrogen) atoms. The molecule has 138 valence electrons. The van der Waals surface area contributed by atoms with Gasteiger partial charge in [0, 0.05) is 30.7 Å². The number of benzene rings is 1. The summed E-state index contributed by atoms with van der Waals surface area (Å²) in [4.78, 5) is 29.0. The number of nitrogens with zero attached hydrogens (tertiary/aromatic N) is 3. The molecule has 0 atom stereocenters. The minimum absolute atomic E-state index is 0.0652. The van der Waals surface area contributed by atoms with Crippen LogP contribution in [0.2, 0.25) is 0 Å². The Morgan fingerprint density at radius 1 is 1.31 bits per heavy atom. The third-order valence-corrected chi connectivity index (χ3v) is 6.25. The van der Waals surface area contributed by atoms with Gasteiger partial charge in [0.1, 0.15) is 10.9 Å². The number of rotatable bonds is 4. The summed E-state index contributed by atoms with van der Waals surface area (Å²) in [6.07, 6.45) is 1.79. The molecule has 3 rings (SSSR count). The number of nitrogens with one attached hydrogen (secondary N) is 1. The Morgan fingerprint density at radius 3 is 2.69 bits per heavy atom. The molecular weight excluding hydrogens is 436 g/mol. The molecule has 2 fully saturated rings. The lowest BCUT2D eigenvalue weighted by atomic mass is 10.2. The van der Waals surface area contributed by atoms with Crippen LogP contribution in [0, 0.1) is 0 Å². The monoisotopic (exact) mass is 454 g/mol. The second kappa shape index (κ2) is 8.62. The molecule has 9 heteroatoms. The molecule has 1 aromatic rings. The van der Waals surface area contributed by atoms with Crippen LogP contribution >= 0.6 is 39.9 Å². The van der Waals surface area contributed by atoms with E-state index in [0.717, 1.165) is 36.2 Å². The van der Waals surface area contributed by atoms with Crippen LogP contribution in [-0.2, 0) is 9.59 Å². The number of thiocarbonyl (C=S) groups is 1. The Kier molecular flexibility index (Phi) is 6.46. The molecule has 2 aliphatic heterocycles. The Hall–Kier alpha value is -1.26. The van der Waals surface area contributed by atoms with Gasteiger partial charge in [-0.15, -0.1) is 0 Å². The van der Waals surface area contributed by atoms with Gasteiger partial charge in [0.25, 0.3) is 11.8 Å². The highest BCUT2D eigenvalue weighted by Crippen LogP contribution is 2.33. The van der Waals surface area contributed by atoms with Gasteiger partial charge in [0.15, 0.2) is 0 Å². The number of halogens is 1. The molecule has 1 aromatic carbocycles. The van der Waals surface area contributed by atoms with E-state index in [0.29, 0.717) is 9.23 Å². The van der Waals surface area contributed by atoms with Crippen molar-refractivity contribution in [1.82, 2.24) is 20.2 Å². The predicted octanol–water partition coefficient (Wildman–Crippen LogP) is 1.93. The number of hydrogen-bond acceptors (Lipinski definition) is 6. The van der Waals surface area contributed by atoms with E-state index in [-0.39, 0.29) is 18.4 Å². The van der Waals surface area contributed by atoms with Crippen molar-refractivity contribution < 1.29 is 9.59 Å². The molecule has 0 saturated carbocycles. The van der Waals surface area contributed by atoms with Crippen molar-refractivity contribution in [3.8, 4) is 0 Å². The van der Waals surface area contributed by atoms with Crippen molar-refractivity contribution in [2.45, 2.75) is 0 Å². The number of amides is 2. The molecule has 2 amide bonds. The van der Waals surface area contributed by atoms with Crippen LogP contribution in [0.25, 0.3) is 6.08 Å². The zero-order valence-corrected chi connectivity index (χ0v) is 17.5. The van der Waals surface area contributed by atoms with Crippen LogP contribution in [0.5, 0.6) is 0 Å². The SMILES string of the molecule is CN1CCN(NC(=O)CN2C(=O)/C(=C/c3ccccc3Br)SC2=S)CC1. The fraction of sp³-hybridized carbons (Fsp3) is 0.353. The Morgan fingerprint density at radius 2 is 2.00 bits per heavy atom. The lowest BCUT2D eigenvalue weighted by Gasteiger charge is -2.32. The van der Waals surface area contributed by atoms with Gasteiger partial charge in [-0.3, -0.25) is 19.9 Å². The predicted molar refractivity (Wildman–Crippen MR) is 111 cm³/mol. The minimum atomic E-state index is -0.232. The van der Waals surface area contributed by atoms with E-state index in [1.807, 2.05) is 29.3 Å². The van der Waals surface area contributed by atoms with Gasteiger partial charge in [-0.05, 0) is 24.8 Å². The topological polar surface area (TPSA) is 55.9 Å². The van der Waals surface area contributed by atoms with Gasteiger partial charge in [-0.2, -0.15) is 0 Å². The molecule has 6 nitrogen and oxygen atoms in total. The van der Waals surface area contributed by atoms with E-state index in [2.05, 4.69) is 33.3 Å². The average molecular weight is 455 g/mol. The standard InChI is InChI=1S/C17H19BrN4O2S2/c1-20-6-8-21(9-7-20)19-15(23)11-22-16(24)14(26-17(22)25)10-12-4-2-3-5-13(12)18/h2-5,10H,6-9,11H2,1H3,(H,19,23)/b14-10-. The smallest absolute Gasteiger partial charge is 0.266 e. The second-order valence-corrected chi connectivity index (χ2v) is 8.64. The van der Waals surface area contributed by atoms with Crippen molar-refractivity contribution in [1.29, 1.82) is 0 Å². The van der Waals surface area contributed by atoms with Gasteiger partial charge in [-0.25, -0.2) is 5.01 Å². The van der Waals surface area contributed by atoms with Crippen molar-refractivity contribution in [3.05, 3.63) is 39.2 Å². The van der Waals surface area contributed by atoms with Gasteiger partial charge < -0.3 is 4.90 Å². The number of carbonyl (C=O) groups excluding carboxylic acids is 2. The zero-order chi connectivity index (χ0) is 18.7. The zero-order valence-electron chi connectivity index (χ0n) is 14.3. The normalized spacial score (nSPS) is 20.8. The van der Waals surface area contributed by atoms with Crippen LogP contribution in [0.1, 0.15) is 5.56 Å². The quantitative estimate of drug-likeness (QED) is 0.553. The third-order valence-electron chi connectivity index (χ3n) is 4.15. The van der Waals surface area contributed by atoms with E-state index >= 15 is 0 Å². The van der Waals surface area contributed by atoms with Crippen LogP contribution in [-0.4, -0.2) is 70.7 Å². The van der Waals surface area contributed by atoms with Crippen LogP contribution in [0.3, 0.4) is 0 Å². The molecule has 0 spiro atoms. The maximum Gasteiger partial charge on any atom is 0.266 e. The van der Waals surface area contributed by atoms with Crippen molar-refractivity contribution in [2.24, 2.45) is 0 Å². The van der Waals surface area contributed by atoms with Crippen LogP contribution in [0.15, 0.2) is 33.6 Å². The molecule has 2 aliphatic rings. The largest absolute Gasteiger partial charge is 0.304 e. The van der Waals surface area contributed by atoms with E-state index in [1.165, 1.54) is 16.7 Å². The molecular formula is C17H19BrN4O2S2. The summed E-state index contributed by atoms with van der Waals surface area (Å²) in [6, 6.07) is 7.64. The van der Waals surface area contributed by atoms with Crippen molar-refractivity contribution in [2.75, 3.05) is 39.8 Å². The lowest BCUT2D eigenvalue weighted by Crippen LogP contribution is -2.54. The highest BCUT2D eigenvalue weighted by Gasteiger charge is 2.33. The third kappa shape index (κ3) is 4.72. The fourth-order valence-electron chi connectivity index (χ4n) is 2.64. The van der Waals surface area contributed by atoms with Gasteiger partial charge in [0.05, 0.1) is 4.91 Å². The first kappa shape index (κ1) is 19.5. The molecule has 0 unspecified atom stereocenters. The number of piperazine rings is 1. The summed E-state index contributed by atoms with van der Waals surface area (Å²) in [6.45, 7) is 3.27. The first-order chi connectivity index (χ1) is 12.4. The number of hydrogen-bond donors (Lipinski definition) is 1. The van der Waals surface area contributed by atoms with E-state index < -0.39 is 0 Å². The number of hydrazine groups is 1. The first-order valence-electron chi connectivity index (χ1n) is 8.17. The Balaban J connectivity index is 1.62. The van der Waals surface area contributed by atoms with Crippen LogP contribution < -0.4 is 5.43 Å². The average Bonchev–Trinajstić information content (AvgIpc) is 2.86. The van der Waals surface area contributed by atoms with E-state index in [4.69, 9.17) is 12.2 Å². The lowest BCUT2D eigenvalue weighted by molar-refractivity contribution is -0.132. The molecule has 2 saturated heterocycles. The summed E-state index contributed by atoms with van der Waals surface area (Å²) in [5.41, 5.74) is 3.76. The first-order valence-corrected chi connectivity index (χ1v) is 10.2. The molecule has 0 aromatic heterocycles. The summed E-state index contributed by atoms with van der Waals surface area (Å²) >= 11 is 9.99. The Bertz CT molecular complexity index is 763. The maximum absolute atomic E-state index is 12.6. The molecule has 0 radical (unpaired) electrons.